The van der Waals surface area contributed by atoms with E-state index in [9.17, 15) is 0 Å². The summed E-state index contributed by atoms with van der Waals surface area (Å²) in [7, 11) is 0. The van der Waals surface area contributed by atoms with Crippen molar-refractivity contribution in [2.45, 2.75) is 13.8 Å². The second-order valence-electron chi connectivity index (χ2n) is 3.08. The first-order valence-electron chi connectivity index (χ1n) is 4.41. The molecule has 0 unspecified atom stereocenters. The number of hydrogen-bond donors (Lipinski definition) is 1. The van der Waals surface area contributed by atoms with Gasteiger partial charge in [0.1, 0.15) is 17.3 Å². The Labute approximate surface area is 91.4 Å². The third-order valence-electron chi connectivity index (χ3n) is 1.87. The zero-order valence-electron chi connectivity index (χ0n) is 8.39. The summed E-state index contributed by atoms with van der Waals surface area (Å²) in [6.07, 6.45) is 1.60. The maximum Gasteiger partial charge on any atom is 0.216 e. The van der Waals surface area contributed by atoms with Crippen molar-refractivity contribution in [1.82, 2.24) is 14.9 Å². The molecule has 0 amide bonds. The van der Waals surface area contributed by atoms with Gasteiger partial charge in [0.25, 0.3) is 0 Å². The van der Waals surface area contributed by atoms with E-state index in [0.717, 1.165) is 5.76 Å². The lowest BCUT2D eigenvalue weighted by Gasteiger charge is -1.91. The summed E-state index contributed by atoms with van der Waals surface area (Å²) in [5, 5.41) is 10.7. The predicted octanol–water partition coefficient (Wildman–Crippen LogP) is 2.03. The van der Waals surface area contributed by atoms with Gasteiger partial charge < -0.3 is 4.42 Å². The topological polar surface area (TPSA) is 59.1 Å². The van der Waals surface area contributed by atoms with Crippen LogP contribution in [-0.2, 0) is 0 Å². The van der Waals surface area contributed by atoms with Crippen LogP contribution in [0.5, 0.6) is 0 Å². The SMILES string of the molecule is Cc1ccc(/C=N\n2c(C)n[nH]c2=S)o1. The summed E-state index contributed by atoms with van der Waals surface area (Å²) in [5.74, 6) is 2.25. The number of nitrogens with zero attached hydrogens (tertiary/aromatic N) is 3. The van der Waals surface area contributed by atoms with Crippen LogP contribution in [0, 0.1) is 18.6 Å². The molecule has 1 N–H and O–H groups in total. The molecule has 0 aromatic carbocycles. The van der Waals surface area contributed by atoms with Crippen molar-refractivity contribution in [3.63, 3.8) is 0 Å². The summed E-state index contributed by atoms with van der Waals surface area (Å²) in [6.45, 7) is 3.70. The van der Waals surface area contributed by atoms with Crippen LogP contribution in [0.2, 0.25) is 0 Å². The van der Waals surface area contributed by atoms with Gasteiger partial charge in [-0.1, -0.05) is 0 Å². The van der Waals surface area contributed by atoms with Gasteiger partial charge in [0, 0.05) is 0 Å². The molecule has 0 saturated heterocycles. The van der Waals surface area contributed by atoms with Crippen molar-refractivity contribution in [3.05, 3.63) is 34.2 Å². The molecule has 78 valence electrons. The molecule has 0 aliphatic carbocycles. The first-order chi connectivity index (χ1) is 7.16. The number of H-pyrrole nitrogens is 1. The summed E-state index contributed by atoms with van der Waals surface area (Å²) in [6, 6.07) is 3.72. The second-order valence-corrected chi connectivity index (χ2v) is 3.47. The van der Waals surface area contributed by atoms with Crippen molar-refractivity contribution >= 4 is 18.4 Å². The van der Waals surface area contributed by atoms with Gasteiger partial charge in [-0.3, -0.25) is 5.10 Å². The third-order valence-corrected chi connectivity index (χ3v) is 2.14. The van der Waals surface area contributed by atoms with Crippen molar-refractivity contribution in [3.8, 4) is 0 Å². The van der Waals surface area contributed by atoms with Crippen LogP contribution in [0.3, 0.4) is 0 Å². The minimum Gasteiger partial charge on any atom is -0.460 e. The van der Waals surface area contributed by atoms with E-state index in [1.54, 1.807) is 6.21 Å². The van der Waals surface area contributed by atoms with E-state index in [0.29, 0.717) is 16.4 Å². The lowest BCUT2D eigenvalue weighted by atomic mass is 10.4. The number of furan rings is 1. The Bertz CT molecular complexity index is 548. The van der Waals surface area contributed by atoms with Crippen LogP contribution < -0.4 is 0 Å². The fourth-order valence-electron chi connectivity index (χ4n) is 1.14. The van der Waals surface area contributed by atoms with E-state index >= 15 is 0 Å². The molecule has 5 nitrogen and oxygen atoms in total. The fourth-order valence-corrected chi connectivity index (χ4v) is 1.37. The van der Waals surface area contributed by atoms with Crippen LogP contribution in [0.4, 0.5) is 0 Å². The highest BCUT2D eigenvalue weighted by Gasteiger charge is 1.98. The van der Waals surface area contributed by atoms with Crippen LogP contribution in [-0.4, -0.2) is 21.1 Å². The van der Waals surface area contributed by atoms with Crippen molar-refractivity contribution in [1.29, 1.82) is 0 Å². The van der Waals surface area contributed by atoms with Crippen LogP contribution in [0.25, 0.3) is 0 Å². The average Bonchev–Trinajstić information content (AvgIpc) is 2.73. The predicted molar refractivity (Wildman–Crippen MR) is 58.6 cm³/mol. The van der Waals surface area contributed by atoms with Crippen LogP contribution in [0.15, 0.2) is 21.7 Å². The van der Waals surface area contributed by atoms with E-state index in [1.165, 1.54) is 4.68 Å². The molecular weight excluding hydrogens is 212 g/mol. The highest BCUT2D eigenvalue weighted by molar-refractivity contribution is 7.71. The molecule has 2 aromatic heterocycles. The van der Waals surface area contributed by atoms with E-state index in [4.69, 9.17) is 16.6 Å². The molecule has 0 spiro atoms. The monoisotopic (exact) mass is 222 g/mol. The minimum absolute atomic E-state index is 0.465. The Morgan fingerprint density at radius 3 is 2.87 bits per heavy atom. The highest BCUT2D eigenvalue weighted by Crippen LogP contribution is 2.03. The molecule has 0 aliphatic rings. The Morgan fingerprint density at radius 2 is 2.33 bits per heavy atom. The van der Waals surface area contributed by atoms with Gasteiger partial charge in [-0.05, 0) is 38.2 Å². The third kappa shape index (κ3) is 2.04. The smallest absolute Gasteiger partial charge is 0.216 e. The summed E-state index contributed by atoms with van der Waals surface area (Å²) >= 11 is 4.99. The largest absolute Gasteiger partial charge is 0.460 e. The Hall–Kier alpha value is -1.69. The zero-order valence-corrected chi connectivity index (χ0v) is 9.21. The van der Waals surface area contributed by atoms with Crippen molar-refractivity contribution < 1.29 is 4.42 Å². The van der Waals surface area contributed by atoms with Crippen molar-refractivity contribution in [2.75, 3.05) is 0 Å². The van der Waals surface area contributed by atoms with E-state index in [1.807, 2.05) is 26.0 Å². The molecule has 2 rings (SSSR count). The van der Waals surface area contributed by atoms with Crippen LogP contribution >= 0.6 is 12.2 Å². The molecule has 0 aliphatic heterocycles. The molecule has 0 bridgehead atoms. The molecule has 0 saturated carbocycles. The lowest BCUT2D eigenvalue weighted by molar-refractivity contribution is 0.527. The van der Waals surface area contributed by atoms with Crippen molar-refractivity contribution in [2.24, 2.45) is 5.10 Å². The number of hydrogen-bond acceptors (Lipinski definition) is 4. The minimum atomic E-state index is 0.465. The number of aromatic amines is 1. The highest BCUT2D eigenvalue weighted by atomic mass is 32.1. The average molecular weight is 222 g/mol. The number of rotatable bonds is 2. The Kier molecular flexibility index (Phi) is 2.51. The molecule has 0 fully saturated rings. The van der Waals surface area contributed by atoms with E-state index in [-0.39, 0.29) is 0 Å². The standard InChI is InChI=1S/C9H10N4OS/c1-6-3-4-8(14-6)5-10-13-7(2)11-12-9(13)15/h3-5H,1-2H3,(H,12,15)/b10-5-. The summed E-state index contributed by atoms with van der Waals surface area (Å²) < 4.78 is 7.33. The normalized spacial score (nSPS) is 11.3. The van der Waals surface area contributed by atoms with Gasteiger partial charge in [0.15, 0.2) is 0 Å². The number of aromatic nitrogens is 3. The number of aryl methyl sites for hydroxylation is 2. The quantitative estimate of drug-likeness (QED) is 0.624. The summed E-state index contributed by atoms with van der Waals surface area (Å²) in [5.41, 5.74) is 0. The van der Waals surface area contributed by atoms with Gasteiger partial charge in [0.05, 0.1) is 6.21 Å². The summed E-state index contributed by atoms with van der Waals surface area (Å²) in [4.78, 5) is 0. The lowest BCUT2D eigenvalue weighted by Crippen LogP contribution is -1.92. The van der Waals surface area contributed by atoms with Gasteiger partial charge in [-0.2, -0.15) is 14.9 Å². The fraction of sp³-hybridized carbons (Fsp3) is 0.222. The first-order valence-corrected chi connectivity index (χ1v) is 4.82. The molecular formula is C9H10N4OS. The molecule has 6 heteroatoms. The maximum absolute atomic E-state index is 5.33. The maximum atomic E-state index is 5.33. The Morgan fingerprint density at radius 1 is 1.53 bits per heavy atom. The van der Waals surface area contributed by atoms with Gasteiger partial charge in [-0.25, -0.2) is 0 Å². The number of nitrogens with one attached hydrogen (secondary N) is 1. The van der Waals surface area contributed by atoms with Gasteiger partial charge in [-0.15, -0.1) is 0 Å². The molecule has 0 radical (unpaired) electrons. The Balaban J connectivity index is 2.29. The van der Waals surface area contributed by atoms with E-state index < -0.39 is 0 Å². The molecule has 0 atom stereocenters. The molecule has 2 heterocycles. The van der Waals surface area contributed by atoms with E-state index in [2.05, 4.69) is 15.3 Å². The van der Waals surface area contributed by atoms with Crippen LogP contribution in [0.1, 0.15) is 17.3 Å². The first kappa shape index (κ1) is 9.85. The van der Waals surface area contributed by atoms with Gasteiger partial charge >= 0.3 is 0 Å². The molecule has 15 heavy (non-hydrogen) atoms. The second kappa shape index (κ2) is 3.82. The van der Waals surface area contributed by atoms with Gasteiger partial charge in [0.2, 0.25) is 4.77 Å². The zero-order chi connectivity index (χ0) is 10.8. The molecule has 2 aromatic rings.